The zero-order valence-electron chi connectivity index (χ0n) is 42.0. The number of ether oxygens (including phenoxy) is 3. The van der Waals surface area contributed by atoms with Crippen LogP contribution in [0.4, 0.5) is 0 Å². The quantitative estimate of drug-likeness (QED) is 0.0262. The van der Waals surface area contributed by atoms with Crippen molar-refractivity contribution in [3.8, 4) is 0 Å². The van der Waals surface area contributed by atoms with E-state index >= 15 is 0 Å². The van der Waals surface area contributed by atoms with E-state index in [0.29, 0.717) is 19.3 Å². The third-order valence-corrected chi connectivity index (χ3v) is 10.7. The van der Waals surface area contributed by atoms with Gasteiger partial charge in [-0.3, -0.25) is 14.4 Å². The Balaban J connectivity index is 4.60. The predicted molar refractivity (Wildman–Crippen MR) is 279 cm³/mol. The number of carbonyl (C=O) groups is 3. The van der Waals surface area contributed by atoms with Gasteiger partial charge in [-0.25, -0.2) is 0 Å². The Bertz CT molecular complexity index is 1360. The summed E-state index contributed by atoms with van der Waals surface area (Å²) < 4.78 is 16.7. The number of rotatable bonds is 46. The number of carbonyl (C=O) groups excluding carboxylic acids is 3. The molecule has 65 heavy (non-hydrogen) atoms. The van der Waals surface area contributed by atoms with E-state index in [2.05, 4.69) is 130 Å². The molecule has 0 saturated heterocycles. The third-order valence-electron chi connectivity index (χ3n) is 10.7. The lowest BCUT2D eigenvalue weighted by molar-refractivity contribution is -0.167. The first-order chi connectivity index (χ1) is 32.0. The molecule has 0 unspecified atom stereocenters. The molecule has 0 aliphatic carbocycles. The third kappa shape index (κ3) is 50.9. The Kier molecular flexibility index (Phi) is 49.5. The summed E-state index contributed by atoms with van der Waals surface area (Å²) in [5.41, 5.74) is 0. The Morgan fingerprint density at radius 2 is 0.569 bits per heavy atom. The number of allylic oxidation sites excluding steroid dienone is 18. The minimum atomic E-state index is -0.835. The van der Waals surface area contributed by atoms with E-state index in [1.165, 1.54) is 96.3 Å². The van der Waals surface area contributed by atoms with Gasteiger partial charge in [0.15, 0.2) is 6.10 Å². The highest BCUT2D eigenvalue weighted by Crippen LogP contribution is 2.11. The van der Waals surface area contributed by atoms with Gasteiger partial charge in [-0.05, 0) is 128 Å². The molecule has 0 aliphatic heterocycles. The van der Waals surface area contributed by atoms with Crippen LogP contribution >= 0.6 is 0 Å². The molecule has 368 valence electrons. The number of hydrogen-bond acceptors (Lipinski definition) is 6. The van der Waals surface area contributed by atoms with Crippen LogP contribution in [0.25, 0.3) is 0 Å². The second-order valence-electron chi connectivity index (χ2n) is 17.1. The fourth-order valence-corrected chi connectivity index (χ4v) is 6.70. The maximum absolute atomic E-state index is 12.8. The molecule has 0 N–H and O–H groups in total. The number of hydrogen-bond donors (Lipinski definition) is 0. The summed E-state index contributed by atoms with van der Waals surface area (Å²) in [5, 5.41) is 0. The largest absolute Gasteiger partial charge is 0.462 e. The minimum absolute atomic E-state index is 0.131. The van der Waals surface area contributed by atoms with Crippen LogP contribution in [0.15, 0.2) is 109 Å². The summed E-state index contributed by atoms with van der Waals surface area (Å²) in [7, 11) is 0. The standard InChI is InChI=1S/C59H96O6/c1-4-7-10-13-16-19-22-25-28-29-32-34-37-40-43-46-49-52-58(61)64-55-56(65-59(62)53-50-47-44-41-38-35-31-27-24-21-18-15-12-9-6-3)54-63-57(60)51-48-45-42-39-36-33-30-26-23-20-17-14-11-8-5-2/h17-18,20-21,25-28,30-32,34,36,38-41,43,56H,4-16,19,22-24,29,33,35,37,42,44-55H2,1-3H3/b20-17-,21-18-,28-25-,30-26-,31-27-,34-32-,39-36-,41-38-,43-40-/t56-/m1/s1. The molecule has 0 aliphatic rings. The molecule has 0 rings (SSSR count). The van der Waals surface area contributed by atoms with Crippen molar-refractivity contribution >= 4 is 17.9 Å². The number of esters is 3. The first-order valence-electron chi connectivity index (χ1n) is 26.4. The predicted octanol–water partition coefficient (Wildman–Crippen LogP) is 17.5. The SMILES string of the molecule is CCCCC/C=C\C/C=C\C/C=C\CCCCC(=O)OC[C@H](COC(=O)CCC/C=C\C/C=C\C/C=C\CCCCCCCC)OC(=O)CCCC/C=C\C/C=C\C/C=C\CCCCC. The molecule has 0 aromatic heterocycles. The van der Waals surface area contributed by atoms with E-state index in [-0.39, 0.29) is 50.4 Å². The molecule has 0 aromatic rings. The summed E-state index contributed by atoms with van der Waals surface area (Å²) in [4.78, 5) is 38.0. The van der Waals surface area contributed by atoms with Gasteiger partial charge in [0.05, 0.1) is 0 Å². The van der Waals surface area contributed by atoms with Gasteiger partial charge in [0.25, 0.3) is 0 Å². The molecule has 0 aromatic carbocycles. The Labute approximate surface area is 400 Å². The van der Waals surface area contributed by atoms with Crippen molar-refractivity contribution in [2.45, 2.75) is 232 Å². The second-order valence-corrected chi connectivity index (χ2v) is 17.1. The maximum Gasteiger partial charge on any atom is 0.306 e. The maximum atomic E-state index is 12.8. The van der Waals surface area contributed by atoms with Gasteiger partial charge in [-0.1, -0.05) is 188 Å². The van der Waals surface area contributed by atoms with Crippen LogP contribution in [0.2, 0.25) is 0 Å². The monoisotopic (exact) mass is 901 g/mol. The van der Waals surface area contributed by atoms with E-state index < -0.39 is 6.10 Å². The van der Waals surface area contributed by atoms with Gasteiger partial charge in [0.1, 0.15) is 13.2 Å². The average molecular weight is 901 g/mol. The average Bonchev–Trinajstić information content (AvgIpc) is 3.30. The van der Waals surface area contributed by atoms with Crippen molar-refractivity contribution in [3.63, 3.8) is 0 Å². The summed E-state index contributed by atoms with van der Waals surface area (Å²) in [6, 6.07) is 0. The first-order valence-corrected chi connectivity index (χ1v) is 26.4. The van der Waals surface area contributed by atoms with Crippen molar-refractivity contribution in [2.24, 2.45) is 0 Å². The molecule has 0 bridgehead atoms. The molecule has 0 saturated carbocycles. The van der Waals surface area contributed by atoms with Crippen LogP contribution in [-0.4, -0.2) is 37.2 Å². The topological polar surface area (TPSA) is 78.9 Å². The molecular formula is C59H96O6. The lowest BCUT2D eigenvalue weighted by Gasteiger charge is -2.18. The van der Waals surface area contributed by atoms with Crippen molar-refractivity contribution in [2.75, 3.05) is 13.2 Å². The van der Waals surface area contributed by atoms with Crippen LogP contribution in [0.3, 0.4) is 0 Å². The molecular weight excluding hydrogens is 805 g/mol. The Hall–Kier alpha value is -3.93. The highest BCUT2D eigenvalue weighted by molar-refractivity contribution is 5.71. The lowest BCUT2D eigenvalue weighted by Crippen LogP contribution is -2.30. The Morgan fingerprint density at radius 1 is 0.308 bits per heavy atom. The van der Waals surface area contributed by atoms with Crippen LogP contribution in [0, 0.1) is 0 Å². The van der Waals surface area contributed by atoms with E-state index in [1.807, 2.05) is 0 Å². The van der Waals surface area contributed by atoms with Gasteiger partial charge in [-0.15, -0.1) is 0 Å². The minimum Gasteiger partial charge on any atom is -0.462 e. The zero-order chi connectivity index (χ0) is 47.2. The van der Waals surface area contributed by atoms with E-state index in [1.54, 1.807) is 0 Å². The fraction of sp³-hybridized carbons (Fsp3) is 0.644. The Morgan fingerprint density at radius 3 is 0.954 bits per heavy atom. The summed E-state index contributed by atoms with van der Waals surface area (Å²) in [5.74, 6) is -1.06. The molecule has 1 atom stereocenters. The first kappa shape index (κ1) is 61.1. The van der Waals surface area contributed by atoms with E-state index in [0.717, 1.165) is 70.6 Å². The summed E-state index contributed by atoms with van der Waals surface area (Å²) >= 11 is 0. The lowest BCUT2D eigenvalue weighted by atomic mass is 10.1. The van der Waals surface area contributed by atoms with E-state index in [9.17, 15) is 14.4 Å². The van der Waals surface area contributed by atoms with Crippen LogP contribution in [0.5, 0.6) is 0 Å². The normalized spacial score (nSPS) is 13.0. The highest BCUT2D eigenvalue weighted by Gasteiger charge is 2.19. The van der Waals surface area contributed by atoms with Crippen molar-refractivity contribution in [1.29, 1.82) is 0 Å². The van der Waals surface area contributed by atoms with Crippen molar-refractivity contribution in [1.82, 2.24) is 0 Å². The summed E-state index contributed by atoms with van der Waals surface area (Å²) in [6.45, 7) is 6.45. The van der Waals surface area contributed by atoms with Crippen molar-refractivity contribution in [3.05, 3.63) is 109 Å². The molecule has 6 nitrogen and oxygen atoms in total. The number of unbranched alkanes of at least 4 members (excludes halogenated alkanes) is 17. The molecule has 0 amide bonds. The van der Waals surface area contributed by atoms with Crippen molar-refractivity contribution < 1.29 is 28.6 Å². The molecule has 6 heteroatoms. The zero-order valence-corrected chi connectivity index (χ0v) is 42.0. The molecule has 0 heterocycles. The van der Waals surface area contributed by atoms with Crippen LogP contribution < -0.4 is 0 Å². The fourth-order valence-electron chi connectivity index (χ4n) is 6.70. The van der Waals surface area contributed by atoms with Gasteiger partial charge < -0.3 is 14.2 Å². The van der Waals surface area contributed by atoms with Gasteiger partial charge in [0, 0.05) is 19.3 Å². The molecule has 0 radical (unpaired) electrons. The molecule has 0 spiro atoms. The van der Waals surface area contributed by atoms with Gasteiger partial charge in [-0.2, -0.15) is 0 Å². The summed E-state index contributed by atoms with van der Waals surface area (Å²) in [6.07, 6.45) is 70.8. The smallest absolute Gasteiger partial charge is 0.306 e. The second kappa shape index (κ2) is 52.7. The van der Waals surface area contributed by atoms with Gasteiger partial charge >= 0.3 is 17.9 Å². The molecule has 0 fully saturated rings. The van der Waals surface area contributed by atoms with Crippen LogP contribution in [-0.2, 0) is 28.6 Å². The van der Waals surface area contributed by atoms with Gasteiger partial charge in [0.2, 0.25) is 0 Å². The van der Waals surface area contributed by atoms with E-state index in [4.69, 9.17) is 14.2 Å². The van der Waals surface area contributed by atoms with Crippen LogP contribution in [0.1, 0.15) is 226 Å². The highest BCUT2D eigenvalue weighted by atomic mass is 16.6.